The Morgan fingerprint density at radius 1 is 1.21 bits per heavy atom. The van der Waals surface area contributed by atoms with E-state index < -0.39 is 36.1 Å². The average Bonchev–Trinajstić information content (AvgIpc) is 2.26. The van der Waals surface area contributed by atoms with E-state index in [1.54, 1.807) is 0 Å². The molecule has 1 rings (SSSR count). The number of para-hydroxylation sites is 1. The molecule has 0 spiro atoms. The lowest BCUT2D eigenvalue weighted by molar-refractivity contribution is -0.115. The van der Waals surface area contributed by atoms with Crippen molar-refractivity contribution in [1.29, 1.82) is 0 Å². The van der Waals surface area contributed by atoms with Crippen LogP contribution >= 0.6 is 0 Å². The van der Waals surface area contributed by atoms with Crippen molar-refractivity contribution in [3.05, 3.63) is 24.3 Å². The Morgan fingerprint density at radius 3 is 2.21 bits per heavy atom. The molecule has 0 aromatic heterocycles. The fourth-order valence-corrected chi connectivity index (χ4v) is 2.28. The molecule has 0 saturated heterocycles. The molecule has 19 heavy (non-hydrogen) atoms. The Morgan fingerprint density at radius 2 is 1.74 bits per heavy atom. The predicted molar refractivity (Wildman–Crippen MR) is 67.7 cm³/mol. The second-order valence-electron chi connectivity index (χ2n) is 3.90. The number of benzene rings is 1. The van der Waals surface area contributed by atoms with Gasteiger partial charge in [-0.3, -0.25) is 4.79 Å². The van der Waals surface area contributed by atoms with Crippen LogP contribution in [0.5, 0.6) is 0 Å². The molecule has 1 unspecified atom stereocenters. The molecule has 6 nitrogen and oxygen atoms in total. The molecule has 106 valence electrons. The van der Waals surface area contributed by atoms with Gasteiger partial charge < -0.3 is 5.32 Å². The third-order valence-corrected chi connectivity index (χ3v) is 4.80. The zero-order valence-electron chi connectivity index (χ0n) is 10.1. The molecule has 0 aliphatic rings. The number of hydrogen-bond donors (Lipinski definition) is 1. The van der Waals surface area contributed by atoms with Gasteiger partial charge in [0, 0.05) is 6.26 Å². The Bertz CT molecular complexity index is 696. The zero-order chi connectivity index (χ0) is 14.8. The van der Waals surface area contributed by atoms with Crippen molar-refractivity contribution >= 4 is 31.7 Å². The molecule has 1 aromatic carbocycles. The van der Waals surface area contributed by atoms with Crippen LogP contribution in [-0.4, -0.2) is 34.2 Å². The average molecular weight is 309 g/mol. The first-order valence-corrected chi connectivity index (χ1v) is 8.40. The van der Waals surface area contributed by atoms with Crippen LogP contribution in [-0.2, 0) is 24.9 Å². The number of rotatable bonds is 4. The van der Waals surface area contributed by atoms with Gasteiger partial charge in [-0.25, -0.2) is 8.42 Å². The number of anilines is 1. The number of halogens is 1. The molecule has 0 aliphatic carbocycles. The number of carbonyl (C=O) groups excluding carboxylic acids is 1. The van der Waals surface area contributed by atoms with Gasteiger partial charge >= 0.3 is 10.2 Å². The largest absolute Gasteiger partial charge is 0.334 e. The van der Waals surface area contributed by atoms with Crippen LogP contribution < -0.4 is 5.32 Å². The fourth-order valence-electron chi connectivity index (χ4n) is 1.21. The van der Waals surface area contributed by atoms with Gasteiger partial charge in [0.1, 0.15) is 10.1 Å². The molecule has 1 amide bonds. The van der Waals surface area contributed by atoms with Crippen molar-refractivity contribution < 1.29 is 25.5 Å². The summed E-state index contributed by atoms with van der Waals surface area (Å²) in [6.07, 6.45) is 0.870. The molecule has 0 saturated carbocycles. The standard InChI is InChI=1S/C10H12FNO5S2/c1-7(18(2,14)15)10(13)12-8-5-3-4-6-9(8)19(11,16)17/h3-7H,1-2H3,(H,12,13). The summed E-state index contributed by atoms with van der Waals surface area (Å²) in [5.74, 6) is -0.932. The molecule has 0 bridgehead atoms. The normalized spacial score (nSPS) is 13.8. The molecular weight excluding hydrogens is 297 g/mol. The Hall–Kier alpha value is -1.48. The maximum atomic E-state index is 13.0. The molecule has 0 heterocycles. The lowest BCUT2D eigenvalue weighted by atomic mass is 10.3. The van der Waals surface area contributed by atoms with Crippen LogP contribution in [0.15, 0.2) is 29.2 Å². The van der Waals surface area contributed by atoms with E-state index in [9.17, 15) is 25.5 Å². The first-order chi connectivity index (χ1) is 8.53. The van der Waals surface area contributed by atoms with E-state index in [-0.39, 0.29) is 5.69 Å². The highest BCUT2D eigenvalue weighted by molar-refractivity contribution is 7.92. The van der Waals surface area contributed by atoms with Gasteiger partial charge in [0.05, 0.1) is 5.69 Å². The maximum Gasteiger partial charge on any atom is 0.334 e. The lowest BCUT2D eigenvalue weighted by Crippen LogP contribution is -2.32. The van der Waals surface area contributed by atoms with Crippen LogP contribution in [0.1, 0.15) is 6.92 Å². The van der Waals surface area contributed by atoms with E-state index in [4.69, 9.17) is 0 Å². The molecular formula is C10H12FNO5S2. The molecule has 1 N–H and O–H groups in total. The number of carbonyl (C=O) groups is 1. The minimum atomic E-state index is -5.00. The van der Waals surface area contributed by atoms with Gasteiger partial charge in [-0.1, -0.05) is 12.1 Å². The van der Waals surface area contributed by atoms with Crippen molar-refractivity contribution in [3.8, 4) is 0 Å². The number of nitrogens with one attached hydrogen (secondary N) is 1. The summed E-state index contributed by atoms with van der Waals surface area (Å²) in [6.45, 7) is 1.15. The summed E-state index contributed by atoms with van der Waals surface area (Å²) < 4.78 is 57.1. The zero-order valence-corrected chi connectivity index (χ0v) is 11.8. The van der Waals surface area contributed by atoms with Crippen molar-refractivity contribution in [2.45, 2.75) is 17.1 Å². The Kier molecular flexibility index (Phi) is 4.31. The van der Waals surface area contributed by atoms with Crippen LogP contribution in [0.25, 0.3) is 0 Å². The number of amides is 1. The van der Waals surface area contributed by atoms with Gasteiger partial charge in [0.25, 0.3) is 0 Å². The van der Waals surface area contributed by atoms with E-state index in [2.05, 4.69) is 5.32 Å². The van der Waals surface area contributed by atoms with Crippen LogP contribution in [0.4, 0.5) is 9.57 Å². The summed E-state index contributed by atoms with van der Waals surface area (Å²) in [5.41, 5.74) is -0.300. The summed E-state index contributed by atoms with van der Waals surface area (Å²) in [5, 5.41) is 0.714. The molecule has 0 radical (unpaired) electrons. The highest BCUT2D eigenvalue weighted by atomic mass is 32.3. The Labute approximate surface area is 110 Å². The lowest BCUT2D eigenvalue weighted by Gasteiger charge is -2.12. The highest BCUT2D eigenvalue weighted by Gasteiger charge is 2.25. The van der Waals surface area contributed by atoms with Gasteiger partial charge in [0.15, 0.2) is 9.84 Å². The van der Waals surface area contributed by atoms with Crippen molar-refractivity contribution in [2.75, 3.05) is 11.6 Å². The van der Waals surface area contributed by atoms with Crippen LogP contribution in [0.2, 0.25) is 0 Å². The summed E-state index contributed by atoms with van der Waals surface area (Å²) in [4.78, 5) is 10.9. The first kappa shape index (κ1) is 15.6. The summed E-state index contributed by atoms with van der Waals surface area (Å²) in [7, 11) is -8.63. The molecule has 0 fully saturated rings. The third-order valence-electron chi connectivity index (χ3n) is 2.42. The Balaban J connectivity index is 3.12. The number of hydrogen-bond acceptors (Lipinski definition) is 5. The van der Waals surface area contributed by atoms with Gasteiger partial charge in [-0.2, -0.15) is 8.42 Å². The summed E-state index contributed by atoms with van der Waals surface area (Å²) in [6, 6.07) is 4.80. The van der Waals surface area contributed by atoms with E-state index in [1.165, 1.54) is 18.2 Å². The van der Waals surface area contributed by atoms with Crippen LogP contribution in [0.3, 0.4) is 0 Å². The topological polar surface area (TPSA) is 97.4 Å². The summed E-state index contributed by atoms with van der Waals surface area (Å²) >= 11 is 0. The van der Waals surface area contributed by atoms with Crippen LogP contribution in [0, 0.1) is 0 Å². The smallest absolute Gasteiger partial charge is 0.324 e. The third kappa shape index (κ3) is 4.00. The second-order valence-corrected chi connectivity index (χ2v) is 7.58. The van der Waals surface area contributed by atoms with E-state index in [0.717, 1.165) is 19.2 Å². The van der Waals surface area contributed by atoms with Crippen molar-refractivity contribution in [1.82, 2.24) is 0 Å². The molecule has 1 atom stereocenters. The predicted octanol–water partition coefficient (Wildman–Crippen LogP) is 0.716. The minimum absolute atomic E-state index is 0.300. The quantitative estimate of drug-likeness (QED) is 0.826. The van der Waals surface area contributed by atoms with Crippen molar-refractivity contribution in [3.63, 3.8) is 0 Å². The molecule has 9 heteroatoms. The minimum Gasteiger partial charge on any atom is -0.324 e. The monoisotopic (exact) mass is 309 g/mol. The SMILES string of the molecule is CC(C(=O)Nc1ccccc1S(=O)(=O)F)S(C)(=O)=O. The molecule has 1 aromatic rings. The maximum absolute atomic E-state index is 13.0. The van der Waals surface area contributed by atoms with E-state index in [1.807, 2.05) is 0 Å². The van der Waals surface area contributed by atoms with Gasteiger partial charge in [-0.15, -0.1) is 3.89 Å². The highest BCUT2D eigenvalue weighted by Crippen LogP contribution is 2.23. The molecule has 0 aliphatic heterocycles. The van der Waals surface area contributed by atoms with Gasteiger partial charge in [0.2, 0.25) is 5.91 Å². The van der Waals surface area contributed by atoms with Crippen molar-refractivity contribution in [2.24, 2.45) is 0 Å². The van der Waals surface area contributed by atoms with E-state index in [0.29, 0.717) is 0 Å². The fraction of sp³-hybridized carbons (Fsp3) is 0.300. The first-order valence-electron chi connectivity index (χ1n) is 5.07. The number of sulfone groups is 1. The van der Waals surface area contributed by atoms with E-state index >= 15 is 0 Å². The second kappa shape index (κ2) is 5.25. The van der Waals surface area contributed by atoms with Gasteiger partial charge in [-0.05, 0) is 19.1 Å².